The average molecular weight is 203 g/mol. The second-order valence-corrected chi connectivity index (χ2v) is 3.32. The van der Waals surface area contributed by atoms with Gasteiger partial charge in [-0.3, -0.25) is 0 Å². The van der Waals surface area contributed by atoms with Gasteiger partial charge in [0.05, 0.1) is 11.2 Å². The fourth-order valence-electron chi connectivity index (χ4n) is 0.548. The first kappa shape index (κ1) is 9.02. The lowest BCUT2D eigenvalue weighted by Crippen LogP contribution is -2.21. The third kappa shape index (κ3) is 2.89. The molecule has 0 bridgehead atoms. The van der Waals surface area contributed by atoms with E-state index in [9.17, 15) is 0 Å². The molecular formula is C6H7ClN4S. The van der Waals surface area contributed by atoms with E-state index in [4.69, 9.17) is 23.1 Å². The smallest absolute Gasteiger partial charge is 0.211 e. The number of guanidine groups is 1. The molecule has 4 nitrogen and oxygen atoms in total. The first-order chi connectivity index (χ1) is 5.68. The van der Waals surface area contributed by atoms with Crippen LogP contribution in [0.3, 0.4) is 0 Å². The summed E-state index contributed by atoms with van der Waals surface area (Å²) in [6, 6.07) is 1.78. The van der Waals surface area contributed by atoms with Crippen LogP contribution < -0.4 is 11.5 Å². The van der Waals surface area contributed by atoms with Gasteiger partial charge in [0.2, 0.25) is 5.96 Å². The number of nitrogens with two attached hydrogens (primary N) is 2. The molecule has 0 radical (unpaired) electrons. The molecule has 0 aliphatic heterocycles. The van der Waals surface area contributed by atoms with Crippen molar-refractivity contribution in [2.75, 3.05) is 0 Å². The van der Waals surface area contributed by atoms with Crippen LogP contribution in [0.4, 0.5) is 0 Å². The maximum Gasteiger partial charge on any atom is 0.211 e. The quantitative estimate of drug-likeness (QED) is 0.427. The van der Waals surface area contributed by atoms with Gasteiger partial charge in [0.1, 0.15) is 0 Å². The van der Waals surface area contributed by atoms with E-state index in [0.29, 0.717) is 5.02 Å². The van der Waals surface area contributed by atoms with E-state index >= 15 is 0 Å². The summed E-state index contributed by atoms with van der Waals surface area (Å²) in [6.07, 6.45) is 1.54. The van der Waals surface area contributed by atoms with Crippen molar-refractivity contribution in [1.82, 2.24) is 0 Å². The van der Waals surface area contributed by atoms with Crippen LogP contribution in [0.1, 0.15) is 4.88 Å². The van der Waals surface area contributed by atoms with Gasteiger partial charge >= 0.3 is 0 Å². The highest BCUT2D eigenvalue weighted by Crippen LogP contribution is 2.16. The standard InChI is InChI=1S/C6H7ClN4S/c7-4-1-5(12-3-4)2-10-11-6(8)9/h1-3H,(H4,8,9,11). The fraction of sp³-hybridized carbons (Fsp3) is 0. The normalized spacial score (nSPS) is 10.4. The third-order valence-corrected chi connectivity index (χ3v) is 2.16. The minimum Gasteiger partial charge on any atom is -0.369 e. The van der Waals surface area contributed by atoms with Crippen LogP contribution >= 0.6 is 22.9 Å². The largest absolute Gasteiger partial charge is 0.369 e. The van der Waals surface area contributed by atoms with Gasteiger partial charge in [-0.15, -0.1) is 16.4 Å². The molecule has 12 heavy (non-hydrogen) atoms. The molecule has 0 aromatic carbocycles. The zero-order valence-electron chi connectivity index (χ0n) is 6.07. The summed E-state index contributed by atoms with van der Waals surface area (Å²) in [4.78, 5) is 0.907. The Morgan fingerprint density at radius 3 is 2.83 bits per heavy atom. The average Bonchev–Trinajstić information content (AvgIpc) is 2.35. The maximum absolute atomic E-state index is 5.67. The van der Waals surface area contributed by atoms with Crippen LogP contribution in [0.15, 0.2) is 21.6 Å². The first-order valence-corrected chi connectivity index (χ1v) is 4.30. The lowest BCUT2D eigenvalue weighted by atomic mass is 10.5. The van der Waals surface area contributed by atoms with Crippen molar-refractivity contribution in [2.45, 2.75) is 0 Å². The van der Waals surface area contributed by atoms with Crippen molar-refractivity contribution in [3.05, 3.63) is 21.3 Å². The Balaban J connectivity index is 2.64. The van der Waals surface area contributed by atoms with Crippen LogP contribution in [-0.2, 0) is 0 Å². The minimum atomic E-state index is -0.0612. The molecule has 0 saturated heterocycles. The highest BCUT2D eigenvalue weighted by Gasteiger charge is 1.92. The SMILES string of the molecule is NC(N)=NN=Cc1cc(Cl)cs1. The molecule has 0 atom stereocenters. The Morgan fingerprint density at radius 2 is 2.33 bits per heavy atom. The number of hydrogen-bond acceptors (Lipinski definition) is 3. The summed E-state index contributed by atoms with van der Waals surface area (Å²) < 4.78 is 0. The van der Waals surface area contributed by atoms with E-state index in [2.05, 4.69) is 10.2 Å². The molecular weight excluding hydrogens is 196 g/mol. The number of halogens is 1. The van der Waals surface area contributed by atoms with Crippen LogP contribution in [0, 0.1) is 0 Å². The molecule has 1 aromatic heterocycles. The summed E-state index contributed by atoms with van der Waals surface area (Å²) in [5.41, 5.74) is 10.1. The number of hydrogen-bond donors (Lipinski definition) is 2. The topological polar surface area (TPSA) is 76.8 Å². The van der Waals surface area contributed by atoms with Crippen molar-refractivity contribution in [3.8, 4) is 0 Å². The maximum atomic E-state index is 5.67. The van der Waals surface area contributed by atoms with Crippen LogP contribution in [-0.4, -0.2) is 12.2 Å². The lowest BCUT2D eigenvalue weighted by Gasteiger charge is -1.82. The second-order valence-electron chi connectivity index (χ2n) is 1.94. The Bertz CT molecular complexity index is 313. The summed E-state index contributed by atoms with van der Waals surface area (Å²) >= 11 is 7.13. The Hall–Kier alpha value is -1.07. The molecule has 0 saturated carbocycles. The fourth-order valence-corrected chi connectivity index (χ4v) is 1.48. The highest BCUT2D eigenvalue weighted by atomic mass is 35.5. The minimum absolute atomic E-state index is 0.0612. The van der Waals surface area contributed by atoms with Crippen LogP contribution in [0.2, 0.25) is 5.02 Å². The van der Waals surface area contributed by atoms with Gasteiger partial charge in [-0.1, -0.05) is 11.6 Å². The van der Waals surface area contributed by atoms with Gasteiger partial charge in [0.15, 0.2) is 0 Å². The van der Waals surface area contributed by atoms with Crippen molar-refractivity contribution in [2.24, 2.45) is 21.7 Å². The predicted octanol–water partition coefficient (Wildman–Crippen LogP) is 1.01. The zero-order valence-corrected chi connectivity index (χ0v) is 7.64. The van der Waals surface area contributed by atoms with E-state index in [-0.39, 0.29) is 5.96 Å². The number of rotatable bonds is 2. The first-order valence-electron chi connectivity index (χ1n) is 3.04. The van der Waals surface area contributed by atoms with Gasteiger partial charge in [0, 0.05) is 10.3 Å². The van der Waals surface area contributed by atoms with E-state index in [1.807, 2.05) is 0 Å². The summed E-state index contributed by atoms with van der Waals surface area (Å²) in [6.45, 7) is 0. The highest BCUT2D eigenvalue weighted by molar-refractivity contribution is 7.12. The molecule has 6 heteroatoms. The monoisotopic (exact) mass is 202 g/mol. The van der Waals surface area contributed by atoms with Crippen molar-refractivity contribution in [1.29, 1.82) is 0 Å². The zero-order chi connectivity index (χ0) is 8.97. The van der Waals surface area contributed by atoms with Crippen molar-refractivity contribution >= 4 is 35.1 Å². The molecule has 1 heterocycles. The van der Waals surface area contributed by atoms with E-state index < -0.39 is 0 Å². The summed E-state index contributed by atoms with van der Waals surface area (Å²) in [5.74, 6) is -0.0612. The second kappa shape index (κ2) is 4.08. The summed E-state index contributed by atoms with van der Waals surface area (Å²) in [5, 5.41) is 9.54. The Kier molecular flexibility index (Phi) is 3.07. The van der Waals surface area contributed by atoms with E-state index in [0.717, 1.165) is 4.88 Å². The van der Waals surface area contributed by atoms with E-state index in [1.165, 1.54) is 17.6 Å². The molecule has 0 aliphatic carbocycles. The molecule has 1 aromatic rings. The van der Waals surface area contributed by atoms with Gasteiger partial charge in [-0.25, -0.2) is 0 Å². The van der Waals surface area contributed by atoms with Crippen molar-refractivity contribution < 1.29 is 0 Å². The van der Waals surface area contributed by atoms with E-state index in [1.54, 1.807) is 11.4 Å². The van der Waals surface area contributed by atoms with Crippen LogP contribution in [0.25, 0.3) is 0 Å². The molecule has 0 aliphatic rings. The molecule has 0 amide bonds. The lowest BCUT2D eigenvalue weighted by molar-refractivity contribution is 1.22. The van der Waals surface area contributed by atoms with Gasteiger partial charge in [0.25, 0.3) is 0 Å². The molecule has 0 spiro atoms. The molecule has 1 rings (SSSR count). The van der Waals surface area contributed by atoms with Gasteiger partial charge in [-0.2, -0.15) is 5.10 Å². The summed E-state index contributed by atoms with van der Waals surface area (Å²) in [7, 11) is 0. The van der Waals surface area contributed by atoms with Crippen LogP contribution in [0.5, 0.6) is 0 Å². The number of nitrogens with zero attached hydrogens (tertiary/aromatic N) is 2. The molecule has 0 fully saturated rings. The number of thiophene rings is 1. The molecule has 4 N–H and O–H groups in total. The van der Waals surface area contributed by atoms with Gasteiger partial charge < -0.3 is 11.5 Å². The van der Waals surface area contributed by atoms with Crippen molar-refractivity contribution in [3.63, 3.8) is 0 Å². The Morgan fingerprint density at radius 1 is 1.58 bits per heavy atom. The predicted molar refractivity (Wildman–Crippen MR) is 52.7 cm³/mol. The van der Waals surface area contributed by atoms with Gasteiger partial charge in [-0.05, 0) is 6.07 Å². The third-order valence-electron chi connectivity index (χ3n) is 0.946. The molecule has 64 valence electrons. The molecule has 0 unspecified atom stereocenters. The Labute approximate surface area is 78.5 Å².